The summed E-state index contributed by atoms with van der Waals surface area (Å²) in [6, 6.07) is 5.16. The van der Waals surface area contributed by atoms with E-state index in [9.17, 15) is 9.59 Å². The molecule has 0 radical (unpaired) electrons. The number of hydrogen-bond donors (Lipinski definition) is 0. The number of halogens is 1. The molecule has 0 saturated carbocycles. The smallest absolute Gasteiger partial charge is 0.251 e. The SMILES string of the molecule is O=C1CCCc2c1ccc(=O)n2Cc1sccc1Br. The summed E-state index contributed by atoms with van der Waals surface area (Å²) in [5.74, 6) is 0.153. The first-order valence-electron chi connectivity index (χ1n) is 6.14. The Balaban J connectivity index is 2.10. The first-order chi connectivity index (χ1) is 9.16. The zero-order chi connectivity index (χ0) is 13.4. The van der Waals surface area contributed by atoms with Crippen molar-refractivity contribution in [1.29, 1.82) is 0 Å². The molecule has 0 atom stereocenters. The van der Waals surface area contributed by atoms with E-state index in [0.29, 0.717) is 13.0 Å². The molecule has 5 heteroatoms. The van der Waals surface area contributed by atoms with Crippen LogP contribution in [0.1, 0.15) is 33.8 Å². The van der Waals surface area contributed by atoms with Gasteiger partial charge >= 0.3 is 0 Å². The molecule has 0 bridgehead atoms. The number of carbonyl (C=O) groups excluding carboxylic acids is 1. The van der Waals surface area contributed by atoms with Gasteiger partial charge in [-0.2, -0.15) is 0 Å². The zero-order valence-electron chi connectivity index (χ0n) is 10.2. The Hall–Kier alpha value is -1.20. The maximum absolute atomic E-state index is 12.1. The van der Waals surface area contributed by atoms with E-state index in [-0.39, 0.29) is 11.3 Å². The summed E-state index contributed by atoms with van der Waals surface area (Å²) in [4.78, 5) is 25.1. The highest BCUT2D eigenvalue weighted by molar-refractivity contribution is 9.10. The molecule has 0 aliphatic heterocycles. The first kappa shape index (κ1) is 12.8. The summed E-state index contributed by atoms with van der Waals surface area (Å²) in [5, 5.41) is 1.99. The van der Waals surface area contributed by atoms with Crippen LogP contribution in [0.3, 0.4) is 0 Å². The second-order valence-electron chi connectivity index (χ2n) is 4.59. The molecule has 0 saturated heterocycles. The number of hydrogen-bond acceptors (Lipinski definition) is 3. The second kappa shape index (κ2) is 5.06. The average Bonchev–Trinajstić information content (AvgIpc) is 2.79. The minimum absolute atomic E-state index is 0.0336. The number of aromatic nitrogens is 1. The van der Waals surface area contributed by atoms with Crippen molar-refractivity contribution in [2.75, 3.05) is 0 Å². The topological polar surface area (TPSA) is 39.1 Å². The van der Waals surface area contributed by atoms with Crippen molar-refractivity contribution in [3.63, 3.8) is 0 Å². The lowest BCUT2D eigenvalue weighted by Crippen LogP contribution is -2.28. The molecule has 1 aliphatic carbocycles. The fourth-order valence-electron chi connectivity index (χ4n) is 2.45. The van der Waals surface area contributed by atoms with Crippen LogP contribution < -0.4 is 5.56 Å². The molecule has 2 aromatic heterocycles. The third-order valence-corrected chi connectivity index (χ3v) is 5.32. The number of carbonyl (C=O) groups is 1. The molecule has 0 amide bonds. The van der Waals surface area contributed by atoms with Gasteiger partial charge < -0.3 is 4.57 Å². The molecular weight excluding hydrogens is 326 g/mol. The lowest BCUT2D eigenvalue weighted by molar-refractivity contribution is 0.0970. The normalized spacial score (nSPS) is 14.5. The molecule has 0 N–H and O–H groups in total. The van der Waals surface area contributed by atoms with Gasteiger partial charge in [0.05, 0.1) is 6.54 Å². The van der Waals surface area contributed by atoms with Crippen molar-refractivity contribution in [1.82, 2.24) is 4.57 Å². The molecule has 2 aromatic rings. The van der Waals surface area contributed by atoms with Crippen LogP contribution in [0.25, 0.3) is 0 Å². The van der Waals surface area contributed by atoms with Gasteiger partial charge in [0.15, 0.2) is 5.78 Å². The van der Waals surface area contributed by atoms with Crippen LogP contribution in [0.5, 0.6) is 0 Å². The quantitative estimate of drug-likeness (QED) is 0.843. The first-order valence-corrected chi connectivity index (χ1v) is 7.82. The van der Waals surface area contributed by atoms with E-state index in [1.165, 1.54) is 6.07 Å². The number of thiophene rings is 1. The minimum Gasteiger partial charge on any atom is -0.307 e. The molecule has 0 aromatic carbocycles. The summed E-state index contributed by atoms with van der Waals surface area (Å²) >= 11 is 5.10. The summed E-state index contributed by atoms with van der Waals surface area (Å²) < 4.78 is 2.76. The Bertz CT molecular complexity index is 702. The summed E-state index contributed by atoms with van der Waals surface area (Å²) in [5.41, 5.74) is 1.58. The van der Waals surface area contributed by atoms with E-state index in [1.807, 2.05) is 11.4 Å². The monoisotopic (exact) mass is 337 g/mol. The van der Waals surface area contributed by atoms with Crippen LogP contribution in [-0.2, 0) is 13.0 Å². The number of nitrogens with zero attached hydrogens (tertiary/aromatic N) is 1. The van der Waals surface area contributed by atoms with Crippen molar-refractivity contribution in [3.05, 3.63) is 54.5 Å². The van der Waals surface area contributed by atoms with Crippen molar-refractivity contribution < 1.29 is 4.79 Å². The van der Waals surface area contributed by atoms with E-state index in [0.717, 1.165) is 33.4 Å². The van der Waals surface area contributed by atoms with Gasteiger partial charge in [-0.25, -0.2) is 0 Å². The van der Waals surface area contributed by atoms with E-state index in [1.54, 1.807) is 22.0 Å². The van der Waals surface area contributed by atoms with Crippen molar-refractivity contribution in [3.8, 4) is 0 Å². The number of pyridine rings is 1. The zero-order valence-corrected chi connectivity index (χ0v) is 12.6. The Morgan fingerprint density at radius 2 is 2.05 bits per heavy atom. The Kier molecular flexibility index (Phi) is 3.41. The Labute approximate surface area is 123 Å². The summed E-state index contributed by atoms with van der Waals surface area (Å²) in [6.45, 7) is 0.535. The van der Waals surface area contributed by atoms with Crippen LogP contribution in [-0.4, -0.2) is 10.4 Å². The molecule has 1 aliphatic rings. The fraction of sp³-hybridized carbons (Fsp3) is 0.286. The van der Waals surface area contributed by atoms with Crippen LogP contribution >= 0.6 is 27.3 Å². The molecule has 0 spiro atoms. The van der Waals surface area contributed by atoms with E-state index >= 15 is 0 Å². The number of ketones is 1. The van der Waals surface area contributed by atoms with Gasteiger partial charge in [0.1, 0.15) is 0 Å². The lowest BCUT2D eigenvalue weighted by atomic mass is 9.94. The van der Waals surface area contributed by atoms with Gasteiger partial charge in [0.2, 0.25) is 0 Å². The van der Waals surface area contributed by atoms with Gasteiger partial charge in [-0.05, 0) is 46.3 Å². The van der Waals surface area contributed by atoms with Gasteiger partial charge in [-0.1, -0.05) is 0 Å². The Morgan fingerprint density at radius 3 is 2.79 bits per heavy atom. The average molecular weight is 338 g/mol. The predicted molar refractivity (Wildman–Crippen MR) is 79.1 cm³/mol. The molecule has 3 rings (SSSR count). The van der Waals surface area contributed by atoms with Crippen molar-refractivity contribution in [2.45, 2.75) is 25.8 Å². The molecule has 98 valence electrons. The highest BCUT2D eigenvalue weighted by atomic mass is 79.9. The van der Waals surface area contributed by atoms with Crippen molar-refractivity contribution in [2.24, 2.45) is 0 Å². The fourth-order valence-corrected chi connectivity index (χ4v) is 3.91. The van der Waals surface area contributed by atoms with Gasteiger partial charge in [0.25, 0.3) is 5.56 Å². The standard InChI is InChI=1S/C14H12BrNO2S/c15-10-6-7-19-13(10)8-16-11-2-1-3-12(17)9(11)4-5-14(16)18/h4-7H,1-3,8H2. The number of rotatable bonds is 2. The van der Waals surface area contributed by atoms with E-state index in [4.69, 9.17) is 0 Å². The van der Waals surface area contributed by atoms with Crippen LogP contribution in [0.2, 0.25) is 0 Å². The number of Topliss-reactive ketones (excluding diaryl/α,β-unsaturated/α-hetero) is 1. The highest BCUT2D eigenvalue weighted by Crippen LogP contribution is 2.25. The van der Waals surface area contributed by atoms with Gasteiger partial charge in [0, 0.05) is 33.1 Å². The van der Waals surface area contributed by atoms with Gasteiger partial charge in [-0.3, -0.25) is 9.59 Å². The predicted octanol–water partition coefficient (Wildman–Crippen LogP) is 3.24. The van der Waals surface area contributed by atoms with E-state index < -0.39 is 0 Å². The third-order valence-electron chi connectivity index (χ3n) is 3.41. The van der Waals surface area contributed by atoms with E-state index in [2.05, 4.69) is 15.9 Å². The minimum atomic E-state index is -0.0336. The van der Waals surface area contributed by atoms with Crippen LogP contribution in [0.15, 0.2) is 32.8 Å². The van der Waals surface area contributed by atoms with Crippen LogP contribution in [0.4, 0.5) is 0 Å². The van der Waals surface area contributed by atoms with Crippen LogP contribution in [0, 0.1) is 0 Å². The maximum Gasteiger partial charge on any atom is 0.251 e. The lowest BCUT2D eigenvalue weighted by Gasteiger charge is -2.19. The molecule has 2 heterocycles. The molecule has 19 heavy (non-hydrogen) atoms. The Morgan fingerprint density at radius 1 is 1.21 bits per heavy atom. The summed E-state index contributed by atoms with van der Waals surface area (Å²) in [7, 11) is 0. The largest absolute Gasteiger partial charge is 0.307 e. The maximum atomic E-state index is 12.1. The number of fused-ring (bicyclic) bond motifs is 1. The van der Waals surface area contributed by atoms with Crippen molar-refractivity contribution >= 4 is 33.0 Å². The van der Waals surface area contributed by atoms with Gasteiger partial charge in [-0.15, -0.1) is 11.3 Å². The second-order valence-corrected chi connectivity index (χ2v) is 6.44. The third kappa shape index (κ3) is 2.32. The highest BCUT2D eigenvalue weighted by Gasteiger charge is 2.21. The summed E-state index contributed by atoms with van der Waals surface area (Å²) in [6.07, 6.45) is 2.23. The molecule has 3 nitrogen and oxygen atoms in total. The molecule has 0 fully saturated rings. The molecule has 0 unspecified atom stereocenters. The molecular formula is C14H12BrNO2S.